The summed E-state index contributed by atoms with van der Waals surface area (Å²) in [6.07, 6.45) is 10.5. The molecule has 142 valence electrons. The van der Waals surface area contributed by atoms with Gasteiger partial charge >= 0.3 is 5.97 Å². The number of amides is 1. The molecular weight excluding hydrogens is 316 g/mol. The van der Waals surface area contributed by atoms with Gasteiger partial charge in [-0.2, -0.15) is 0 Å². The largest absolute Gasteiger partial charge is 0.465 e. The molecule has 0 radical (unpaired) electrons. The van der Waals surface area contributed by atoms with Crippen molar-refractivity contribution in [2.75, 3.05) is 39.3 Å². The van der Waals surface area contributed by atoms with Gasteiger partial charge in [0.25, 0.3) is 0 Å². The summed E-state index contributed by atoms with van der Waals surface area (Å²) in [6.45, 7) is 6.37. The van der Waals surface area contributed by atoms with E-state index < -0.39 is 0 Å². The van der Waals surface area contributed by atoms with Crippen LogP contribution >= 0.6 is 0 Å². The Bertz CT molecular complexity index is 476. The zero-order valence-electron chi connectivity index (χ0n) is 15.8. The highest BCUT2D eigenvalue weighted by atomic mass is 16.5. The van der Waals surface area contributed by atoms with Crippen LogP contribution in [0.5, 0.6) is 0 Å². The van der Waals surface area contributed by atoms with Crippen LogP contribution in [-0.2, 0) is 14.3 Å². The van der Waals surface area contributed by atoms with Gasteiger partial charge in [0.05, 0.1) is 13.2 Å². The van der Waals surface area contributed by atoms with E-state index in [4.69, 9.17) is 4.74 Å². The molecule has 5 heteroatoms. The maximum Gasteiger partial charge on any atom is 0.320 e. The lowest BCUT2D eigenvalue weighted by molar-refractivity contribution is -0.144. The fourth-order valence-electron chi connectivity index (χ4n) is 5.07. The van der Waals surface area contributed by atoms with E-state index in [-0.39, 0.29) is 11.4 Å². The molecule has 3 fully saturated rings. The minimum Gasteiger partial charge on any atom is -0.465 e. The molecule has 0 bridgehead atoms. The van der Waals surface area contributed by atoms with Gasteiger partial charge in [-0.05, 0) is 51.5 Å². The van der Waals surface area contributed by atoms with E-state index in [1.807, 2.05) is 6.92 Å². The number of hydrogen-bond acceptors (Lipinski definition) is 4. The first-order chi connectivity index (χ1) is 12.1. The van der Waals surface area contributed by atoms with E-state index in [0.29, 0.717) is 25.0 Å². The van der Waals surface area contributed by atoms with Crippen LogP contribution in [-0.4, -0.2) is 61.0 Å². The van der Waals surface area contributed by atoms with Crippen LogP contribution < -0.4 is 0 Å². The van der Waals surface area contributed by atoms with Crippen molar-refractivity contribution in [2.24, 2.45) is 11.3 Å². The van der Waals surface area contributed by atoms with Crippen molar-refractivity contribution in [3.05, 3.63) is 0 Å². The van der Waals surface area contributed by atoms with Crippen molar-refractivity contribution >= 4 is 11.9 Å². The summed E-state index contributed by atoms with van der Waals surface area (Å²) in [4.78, 5) is 28.9. The number of esters is 1. The van der Waals surface area contributed by atoms with Crippen molar-refractivity contribution in [3.8, 4) is 0 Å². The Morgan fingerprint density at radius 1 is 1.04 bits per heavy atom. The SMILES string of the molecule is CCOC(=O)CN1CC[C@@]2(CCCN(C(=O)CC3CCCCC3)C2)C1. The molecule has 5 nitrogen and oxygen atoms in total. The fourth-order valence-corrected chi connectivity index (χ4v) is 5.07. The van der Waals surface area contributed by atoms with Gasteiger partial charge in [0.15, 0.2) is 0 Å². The van der Waals surface area contributed by atoms with Crippen LogP contribution in [0.25, 0.3) is 0 Å². The van der Waals surface area contributed by atoms with Crippen molar-refractivity contribution in [1.29, 1.82) is 0 Å². The maximum atomic E-state index is 12.8. The smallest absolute Gasteiger partial charge is 0.320 e. The van der Waals surface area contributed by atoms with Gasteiger partial charge < -0.3 is 9.64 Å². The lowest BCUT2D eigenvalue weighted by Crippen LogP contribution is -2.48. The second-order valence-electron chi connectivity index (χ2n) is 8.39. The molecule has 1 saturated carbocycles. The molecule has 0 aromatic rings. The van der Waals surface area contributed by atoms with Crippen molar-refractivity contribution in [1.82, 2.24) is 9.80 Å². The van der Waals surface area contributed by atoms with Crippen LogP contribution in [0.4, 0.5) is 0 Å². The van der Waals surface area contributed by atoms with Crippen LogP contribution in [0.3, 0.4) is 0 Å². The summed E-state index contributed by atoms with van der Waals surface area (Å²) >= 11 is 0. The Balaban J connectivity index is 1.50. The third-order valence-corrected chi connectivity index (χ3v) is 6.38. The third-order valence-electron chi connectivity index (χ3n) is 6.38. The van der Waals surface area contributed by atoms with Gasteiger partial charge in [-0.25, -0.2) is 0 Å². The first-order valence-corrected chi connectivity index (χ1v) is 10.3. The third kappa shape index (κ3) is 4.96. The van der Waals surface area contributed by atoms with E-state index >= 15 is 0 Å². The number of nitrogens with zero attached hydrogens (tertiary/aromatic N) is 2. The van der Waals surface area contributed by atoms with Gasteiger partial charge in [-0.15, -0.1) is 0 Å². The fraction of sp³-hybridized carbons (Fsp3) is 0.900. The Hall–Kier alpha value is -1.10. The number of ether oxygens (including phenoxy) is 1. The molecule has 2 heterocycles. The quantitative estimate of drug-likeness (QED) is 0.716. The highest BCUT2D eigenvalue weighted by molar-refractivity contribution is 5.76. The van der Waals surface area contributed by atoms with Gasteiger partial charge in [-0.3, -0.25) is 14.5 Å². The van der Waals surface area contributed by atoms with Gasteiger partial charge in [0, 0.05) is 31.5 Å². The molecule has 1 spiro atoms. The second kappa shape index (κ2) is 8.52. The van der Waals surface area contributed by atoms with Crippen LogP contribution in [0.2, 0.25) is 0 Å². The maximum absolute atomic E-state index is 12.8. The second-order valence-corrected chi connectivity index (χ2v) is 8.39. The zero-order valence-corrected chi connectivity index (χ0v) is 15.8. The summed E-state index contributed by atoms with van der Waals surface area (Å²) in [5, 5.41) is 0. The summed E-state index contributed by atoms with van der Waals surface area (Å²) in [7, 11) is 0. The minimum absolute atomic E-state index is 0.124. The Morgan fingerprint density at radius 2 is 1.84 bits per heavy atom. The highest BCUT2D eigenvalue weighted by Gasteiger charge is 2.42. The Labute approximate surface area is 152 Å². The monoisotopic (exact) mass is 350 g/mol. The number of hydrogen-bond donors (Lipinski definition) is 0. The lowest BCUT2D eigenvalue weighted by atomic mass is 9.78. The van der Waals surface area contributed by atoms with E-state index in [1.165, 1.54) is 38.5 Å². The first-order valence-electron chi connectivity index (χ1n) is 10.3. The van der Waals surface area contributed by atoms with E-state index in [0.717, 1.165) is 45.4 Å². The predicted molar refractivity (Wildman–Crippen MR) is 97.1 cm³/mol. The summed E-state index contributed by atoms with van der Waals surface area (Å²) < 4.78 is 5.08. The van der Waals surface area contributed by atoms with Gasteiger partial charge in [-0.1, -0.05) is 19.3 Å². The number of likely N-dealkylation sites (tertiary alicyclic amines) is 2. The Morgan fingerprint density at radius 3 is 2.60 bits per heavy atom. The predicted octanol–water partition coefficient (Wildman–Crippen LogP) is 2.83. The number of piperidine rings is 1. The van der Waals surface area contributed by atoms with Crippen molar-refractivity contribution in [2.45, 2.75) is 64.7 Å². The number of carbonyl (C=O) groups excluding carboxylic acids is 2. The molecule has 1 aliphatic carbocycles. The van der Waals surface area contributed by atoms with Crippen molar-refractivity contribution < 1.29 is 14.3 Å². The summed E-state index contributed by atoms with van der Waals surface area (Å²) in [5.74, 6) is 0.860. The van der Waals surface area contributed by atoms with Crippen molar-refractivity contribution in [3.63, 3.8) is 0 Å². The lowest BCUT2D eigenvalue weighted by Gasteiger charge is -2.41. The molecule has 2 saturated heterocycles. The van der Waals surface area contributed by atoms with Crippen LogP contribution in [0.1, 0.15) is 64.7 Å². The zero-order chi connectivity index (χ0) is 17.7. The average Bonchev–Trinajstić information content (AvgIpc) is 2.97. The molecule has 3 rings (SSSR count). The molecule has 0 N–H and O–H groups in total. The number of carbonyl (C=O) groups is 2. The van der Waals surface area contributed by atoms with Gasteiger partial charge in [0.2, 0.25) is 5.91 Å². The molecule has 0 unspecified atom stereocenters. The molecule has 25 heavy (non-hydrogen) atoms. The van der Waals surface area contributed by atoms with E-state index in [9.17, 15) is 9.59 Å². The van der Waals surface area contributed by atoms with E-state index in [1.54, 1.807) is 0 Å². The minimum atomic E-state index is -0.124. The highest BCUT2D eigenvalue weighted by Crippen LogP contribution is 2.39. The topological polar surface area (TPSA) is 49.9 Å². The summed E-state index contributed by atoms with van der Waals surface area (Å²) in [5.41, 5.74) is 0.201. The molecule has 2 aliphatic heterocycles. The van der Waals surface area contributed by atoms with Crippen LogP contribution in [0, 0.1) is 11.3 Å². The molecular formula is C20H34N2O3. The standard InChI is InChI=1S/C20H34N2O3/c1-2-25-19(24)14-21-12-10-20(15-21)9-6-11-22(16-20)18(23)13-17-7-4-3-5-8-17/h17H,2-16H2,1H3/t20-/m0/s1. The average molecular weight is 351 g/mol. The first kappa shape index (κ1) is 18.7. The van der Waals surface area contributed by atoms with Crippen LogP contribution in [0.15, 0.2) is 0 Å². The summed E-state index contributed by atoms with van der Waals surface area (Å²) in [6, 6.07) is 0. The molecule has 1 atom stereocenters. The molecule has 3 aliphatic rings. The molecule has 0 aromatic heterocycles. The van der Waals surface area contributed by atoms with Gasteiger partial charge in [0.1, 0.15) is 0 Å². The number of rotatable bonds is 5. The Kier molecular flexibility index (Phi) is 6.37. The normalized spacial score (nSPS) is 28.4. The van der Waals surface area contributed by atoms with E-state index in [2.05, 4.69) is 9.80 Å². The molecule has 1 amide bonds. The molecule has 0 aromatic carbocycles.